The van der Waals surface area contributed by atoms with Crippen LogP contribution >= 0.6 is 11.3 Å². The fourth-order valence-corrected chi connectivity index (χ4v) is 3.81. The first kappa shape index (κ1) is 15.4. The zero-order valence-corrected chi connectivity index (χ0v) is 13.9. The van der Waals surface area contributed by atoms with Gasteiger partial charge in [-0.15, -0.1) is 0 Å². The second-order valence-corrected chi connectivity index (χ2v) is 6.74. The van der Waals surface area contributed by atoms with Gasteiger partial charge >= 0.3 is 4.87 Å². The normalized spacial score (nSPS) is 26.6. The molecule has 3 heterocycles. The molecule has 120 valence electrons. The fraction of sp³-hybridized carbons (Fsp3) is 0.643. The Morgan fingerprint density at radius 3 is 2.91 bits per heavy atom. The van der Waals surface area contributed by atoms with E-state index in [2.05, 4.69) is 16.9 Å². The molecule has 0 aromatic carbocycles. The summed E-state index contributed by atoms with van der Waals surface area (Å²) >= 11 is 1.13. The van der Waals surface area contributed by atoms with Gasteiger partial charge in [0.2, 0.25) is 5.95 Å². The van der Waals surface area contributed by atoms with Gasteiger partial charge in [-0.2, -0.15) is 4.98 Å². The molecule has 2 aromatic rings. The van der Waals surface area contributed by atoms with Crippen LogP contribution in [-0.4, -0.2) is 33.9 Å². The number of hydrogen-bond acceptors (Lipinski definition) is 7. The van der Waals surface area contributed by atoms with Gasteiger partial charge in [0.05, 0.1) is 22.6 Å². The van der Waals surface area contributed by atoms with Crippen molar-refractivity contribution in [1.82, 2.24) is 14.5 Å². The number of fused-ring (bicyclic) bond motifs is 1. The number of rotatable bonds is 3. The monoisotopic (exact) mass is 324 g/mol. The number of aromatic nitrogens is 3. The van der Waals surface area contributed by atoms with Crippen LogP contribution in [0.1, 0.15) is 32.2 Å². The van der Waals surface area contributed by atoms with Crippen LogP contribution in [0.4, 0.5) is 5.95 Å². The minimum Gasteiger partial charge on any atom is -0.379 e. The van der Waals surface area contributed by atoms with Crippen molar-refractivity contribution in [3.63, 3.8) is 0 Å². The van der Waals surface area contributed by atoms with Gasteiger partial charge in [-0.1, -0.05) is 18.3 Å². The molecule has 0 aliphatic carbocycles. The molecular formula is C14H20N4O3S. The Kier molecular flexibility index (Phi) is 3.92. The lowest BCUT2D eigenvalue weighted by Crippen LogP contribution is -2.27. The third kappa shape index (κ3) is 2.41. The maximum Gasteiger partial charge on any atom is 0.311 e. The van der Waals surface area contributed by atoms with Crippen LogP contribution in [0.5, 0.6) is 0 Å². The van der Waals surface area contributed by atoms with Gasteiger partial charge < -0.3 is 15.2 Å². The number of nitrogens with two attached hydrogens (primary N) is 1. The van der Waals surface area contributed by atoms with Crippen LogP contribution in [0.25, 0.3) is 10.3 Å². The molecule has 7 nitrogen and oxygen atoms in total. The molecule has 0 spiro atoms. The second kappa shape index (κ2) is 5.60. The van der Waals surface area contributed by atoms with E-state index >= 15 is 0 Å². The Balaban J connectivity index is 2.07. The molecule has 1 aliphatic heterocycles. The Bertz CT molecular complexity index is 756. The molecule has 0 amide bonds. The van der Waals surface area contributed by atoms with Crippen molar-refractivity contribution < 1.29 is 9.47 Å². The van der Waals surface area contributed by atoms with Crippen LogP contribution in [0, 0.1) is 12.8 Å². The zero-order chi connectivity index (χ0) is 16.0. The highest BCUT2D eigenvalue weighted by atomic mass is 32.1. The first-order valence-corrected chi connectivity index (χ1v) is 8.07. The lowest BCUT2D eigenvalue weighted by Gasteiger charge is -2.19. The van der Waals surface area contributed by atoms with E-state index in [4.69, 9.17) is 15.2 Å². The van der Waals surface area contributed by atoms with Gasteiger partial charge in [0, 0.05) is 13.0 Å². The SMILES string of the molecule is COC(C)[C@@H]1C[C@H](C)[C@H](n2c(=O)sc3c(C)nc(N)nc32)O1. The summed E-state index contributed by atoms with van der Waals surface area (Å²) in [6.07, 6.45) is 0.433. The molecule has 0 radical (unpaired) electrons. The van der Waals surface area contributed by atoms with E-state index in [9.17, 15) is 4.79 Å². The predicted molar refractivity (Wildman–Crippen MR) is 85.0 cm³/mol. The van der Waals surface area contributed by atoms with Crippen molar-refractivity contribution in [2.24, 2.45) is 5.92 Å². The molecule has 1 fully saturated rings. The average Bonchev–Trinajstić information content (AvgIpc) is 2.98. The van der Waals surface area contributed by atoms with E-state index in [0.717, 1.165) is 28.2 Å². The predicted octanol–water partition coefficient (Wildman–Crippen LogP) is 1.70. The summed E-state index contributed by atoms with van der Waals surface area (Å²) in [4.78, 5) is 20.7. The van der Waals surface area contributed by atoms with E-state index in [-0.39, 0.29) is 35.2 Å². The fourth-order valence-electron chi connectivity index (χ4n) is 2.92. The van der Waals surface area contributed by atoms with E-state index < -0.39 is 0 Å². The third-order valence-corrected chi connectivity index (χ3v) is 5.26. The van der Waals surface area contributed by atoms with E-state index in [0.29, 0.717) is 5.65 Å². The quantitative estimate of drug-likeness (QED) is 0.924. The van der Waals surface area contributed by atoms with Crippen molar-refractivity contribution >= 4 is 27.6 Å². The molecular weight excluding hydrogens is 304 g/mol. The molecule has 4 atom stereocenters. The van der Waals surface area contributed by atoms with Crippen LogP contribution in [0.15, 0.2) is 4.79 Å². The molecule has 2 aromatic heterocycles. The second-order valence-electron chi connectivity index (χ2n) is 5.78. The smallest absolute Gasteiger partial charge is 0.311 e. The first-order valence-electron chi connectivity index (χ1n) is 7.25. The number of thiazole rings is 1. The Hall–Kier alpha value is -1.51. The maximum atomic E-state index is 12.4. The molecule has 8 heteroatoms. The maximum absolute atomic E-state index is 12.4. The van der Waals surface area contributed by atoms with Crippen LogP contribution in [0.2, 0.25) is 0 Å². The number of nitrogens with zero attached hydrogens (tertiary/aromatic N) is 3. The van der Waals surface area contributed by atoms with Gasteiger partial charge in [-0.05, 0) is 20.3 Å². The van der Waals surface area contributed by atoms with E-state index in [1.54, 1.807) is 11.7 Å². The minimum absolute atomic E-state index is 0.0190. The Morgan fingerprint density at radius 1 is 1.50 bits per heavy atom. The lowest BCUT2D eigenvalue weighted by atomic mass is 10.0. The van der Waals surface area contributed by atoms with Gasteiger partial charge in [0.15, 0.2) is 5.65 Å². The van der Waals surface area contributed by atoms with Crippen LogP contribution in [-0.2, 0) is 9.47 Å². The summed E-state index contributed by atoms with van der Waals surface area (Å²) in [5.74, 6) is 0.360. The molecule has 22 heavy (non-hydrogen) atoms. The number of methoxy groups -OCH3 is 1. The number of ether oxygens (including phenoxy) is 2. The highest BCUT2D eigenvalue weighted by Crippen LogP contribution is 2.37. The molecule has 0 bridgehead atoms. The summed E-state index contributed by atoms with van der Waals surface area (Å²) in [5.41, 5.74) is 7.02. The van der Waals surface area contributed by atoms with Crippen molar-refractivity contribution in [1.29, 1.82) is 0 Å². The molecule has 2 N–H and O–H groups in total. The summed E-state index contributed by atoms with van der Waals surface area (Å²) in [6.45, 7) is 5.87. The summed E-state index contributed by atoms with van der Waals surface area (Å²) in [7, 11) is 1.66. The largest absolute Gasteiger partial charge is 0.379 e. The summed E-state index contributed by atoms with van der Waals surface area (Å²) < 4.78 is 13.8. The van der Waals surface area contributed by atoms with Gasteiger partial charge in [0.25, 0.3) is 0 Å². The standard InChI is InChI=1S/C14H20N4O3S/c1-6-5-9(8(3)20-4)21-12(6)18-11-10(22-14(18)19)7(2)16-13(15)17-11/h6,8-9,12H,5H2,1-4H3,(H2,15,16,17)/t6-,8?,9-,12+/m0/s1. The van der Waals surface area contributed by atoms with Crippen molar-refractivity contribution in [3.05, 3.63) is 15.4 Å². The number of aryl methyl sites for hydroxylation is 1. The minimum atomic E-state index is -0.349. The van der Waals surface area contributed by atoms with Gasteiger partial charge in [0.1, 0.15) is 6.23 Å². The average molecular weight is 324 g/mol. The molecule has 3 rings (SSSR count). The molecule has 1 saturated heterocycles. The van der Waals surface area contributed by atoms with Crippen LogP contribution in [0.3, 0.4) is 0 Å². The number of hydrogen-bond donors (Lipinski definition) is 1. The third-order valence-electron chi connectivity index (χ3n) is 4.20. The van der Waals surface area contributed by atoms with E-state index in [1.807, 2.05) is 13.8 Å². The van der Waals surface area contributed by atoms with Crippen molar-refractivity contribution in [2.75, 3.05) is 12.8 Å². The molecule has 0 saturated carbocycles. The molecule has 1 aliphatic rings. The highest BCUT2D eigenvalue weighted by molar-refractivity contribution is 7.16. The highest BCUT2D eigenvalue weighted by Gasteiger charge is 2.38. The molecule has 1 unspecified atom stereocenters. The number of anilines is 1. The van der Waals surface area contributed by atoms with Crippen LogP contribution < -0.4 is 10.6 Å². The first-order chi connectivity index (χ1) is 10.4. The van der Waals surface area contributed by atoms with Gasteiger partial charge in [-0.25, -0.2) is 4.98 Å². The zero-order valence-electron chi connectivity index (χ0n) is 13.1. The Labute approximate surface area is 132 Å². The van der Waals surface area contributed by atoms with Crippen molar-refractivity contribution in [3.8, 4) is 0 Å². The Morgan fingerprint density at radius 2 is 2.23 bits per heavy atom. The van der Waals surface area contributed by atoms with Crippen molar-refractivity contribution in [2.45, 2.75) is 45.6 Å². The topological polar surface area (TPSA) is 92.3 Å². The summed E-state index contributed by atoms with van der Waals surface area (Å²) in [6, 6.07) is 0. The summed E-state index contributed by atoms with van der Waals surface area (Å²) in [5, 5.41) is 0. The number of nitrogen functional groups attached to an aromatic ring is 1. The van der Waals surface area contributed by atoms with E-state index in [1.165, 1.54) is 0 Å². The van der Waals surface area contributed by atoms with Gasteiger partial charge in [-0.3, -0.25) is 9.36 Å². The lowest BCUT2D eigenvalue weighted by molar-refractivity contribution is -0.0703.